The van der Waals surface area contributed by atoms with Gasteiger partial charge in [0.25, 0.3) is 0 Å². The predicted molar refractivity (Wildman–Crippen MR) is 88.7 cm³/mol. The molecule has 0 aliphatic rings. The van der Waals surface area contributed by atoms with E-state index in [0.29, 0.717) is 24.7 Å². The molecule has 0 aliphatic carbocycles. The number of alkyl halides is 1. The van der Waals surface area contributed by atoms with Crippen LogP contribution in [-0.4, -0.2) is 25.1 Å². The lowest BCUT2D eigenvalue weighted by molar-refractivity contribution is 0.0527. The quantitative estimate of drug-likeness (QED) is 0.427. The zero-order chi connectivity index (χ0) is 15.8. The fourth-order valence-corrected chi connectivity index (χ4v) is 2.21. The molecular weight excluding hydrogens is 300 g/mol. The average Bonchev–Trinajstić information content (AvgIpc) is 2.56. The molecule has 22 heavy (non-hydrogen) atoms. The highest BCUT2D eigenvalue weighted by Gasteiger charge is 2.13. The third kappa shape index (κ3) is 4.25. The molecule has 0 spiro atoms. The van der Waals surface area contributed by atoms with Crippen molar-refractivity contribution in [1.29, 1.82) is 0 Å². The second kappa shape index (κ2) is 8.44. The first-order valence-electron chi connectivity index (χ1n) is 7.31. The molecule has 0 amide bonds. The minimum absolute atomic E-state index is 0.305. The van der Waals surface area contributed by atoms with E-state index in [2.05, 4.69) is 0 Å². The highest BCUT2D eigenvalue weighted by atomic mass is 35.5. The van der Waals surface area contributed by atoms with Crippen molar-refractivity contribution in [1.82, 2.24) is 0 Å². The third-order valence-corrected chi connectivity index (χ3v) is 3.40. The molecule has 0 atom stereocenters. The van der Waals surface area contributed by atoms with E-state index < -0.39 is 0 Å². The van der Waals surface area contributed by atoms with Gasteiger partial charge < -0.3 is 9.47 Å². The number of esters is 1. The number of rotatable bonds is 7. The summed E-state index contributed by atoms with van der Waals surface area (Å²) in [6, 6.07) is 15.1. The minimum Gasteiger partial charge on any atom is -0.494 e. The molecule has 0 radical (unpaired) electrons. The molecule has 2 aromatic carbocycles. The van der Waals surface area contributed by atoms with Crippen molar-refractivity contribution in [2.75, 3.05) is 19.1 Å². The van der Waals surface area contributed by atoms with E-state index >= 15 is 0 Å². The van der Waals surface area contributed by atoms with Crippen molar-refractivity contribution in [3.05, 3.63) is 54.1 Å². The van der Waals surface area contributed by atoms with Gasteiger partial charge in [-0.25, -0.2) is 4.79 Å². The zero-order valence-electron chi connectivity index (χ0n) is 12.5. The van der Waals surface area contributed by atoms with E-state index in [9.17, 15) is 4.79 Å². The van der Waals surface area contributed by atoms with Gasteiger partial charge in [0.05, 0.1) is 18.8 Å². The maximum absolute atomic E-state index is 12.0. The summed E-state index contributed by atoms with van der Waals surface area (Å²) >= 11 is 5.62. The van der Waals surface area contributed by atoms with E-state index in [1.54, 1.807) is 13.0 Å². The number of benzene rings is 2. The van der Waals surface area contributed by atoms with Crippen LogP contribution in [0.5, 0.6) is 5.75 Å². The fraction of sp³-hybridized carbons (Fsp3) is 0.278. The monoisotopic (exact) mass is 318 g/mol. The van der Waals surface area contributed by atoms with Gasteiger partial charge in [0.2, 0.25) is 0 Å². The van der Waals surface area contributed by atoms with Gasteiger partial charge >= 0.3 is 5.97 Å². The summed E-state index contributed by atoms with van der Waals surface area (Å²) in [4.78, 5) is 12.0. The molecule has 4 heteroatoms. The van der Waals surface area contributed by atoms with Crippen molar-refractivity contribution in [3.8, 4) is 16.9 Å². The number of hydrogen-bond donors (Lipinski definition) is 0. The van der Waals surface area contributed by atoms with E-state index in [4.69, 9.17) is 21.1 Å². The van der Waals surface area contributed by atoms with Crippen LogP contribution in [0.3, 0.4) is 0 Å². The molecule has 2 rings (SSSR count). The Bertz CT molecular complexity index is 608. The highest BCUT2D eigenvalue weighted by Crippen LogP contribution is 2.26. The summed E-state index contributed by atoms with van der Waals surface area (Å²) in [6.07, 6.45) is 0.814. The van der Waals surface area contributed by atoms with Crippen LogP contribution in [0, 0.1) is 0 Å². The molecule has 116 valence electrons. The Balaban J connectivity index is 2.19. The van der Waals surface area contributed by atoms with Gasteiger partial charge in [0.15, 0.2) is 0 Å². The lowest BCUT2D eigenvalue weighted by atomic mass is 10.00. The second-order valence-electron chi connectivity index (χ2n) is 4.68. The van der Waals surface area contributed by atoms with Crippen LogP contribution < -0.4 is 4.74 Å². The summed E-state index contributed by atoms with van der Waals surface area (Å²) in [6.45, 7) is 2.76. The van der Waals surface area contributed by atoms with Crippen LogP contribution in [0.15, 0.2) is 48.5 Å². The van der Waals surface area contributed by atoms with Gasteiger partial charge in [0, 0.05) is 5.88 Å². The fourth-order valence-electron chi connectivity index (χ4n) is 2.10. The lowest BCUT2D eigenvalue weighted by Gasteiger charge is -2.10. The molecule has 0 heterocycles. The molecule has 0 bridgehead atoms. The molecule has 0 unspecified atom stereocenters. The first-order valence-corrected chi connectivity index (χ1v) is 7.85. The third-order valence-electron chi connectivity index (χ3n) is 3.13. The zero-order valence-corrected chi connectivity index (χ0v) is 13.3. The normalized spacial score (nSPS) is 10.3. The molecule has 2 aromatic rings. The van der Waals surface area contributed by atoms with Crippen molar-refractivity contribution < 1.29 is 14.3 Å². The predicted octanol–water partition coefficient (Wildman–Crippen LogP) is 4.54. The first-order chi connectivity index (χ1) is 10.8. The molecule has 0 fully saturated rings. The van der Waals surface area contributed by atoms with E-state index in [1.165, 1.54) is 0 Å². The Morgan fingerprint density at radius 1 is 1.09 bits per heavy atom. The summed E-state index contributed by atoms with van der Waals surface area (Å²) in [5.74, 6) is 1.08. The Labute approximate surface area is 135 Å². The molecule has 0 aromatic heterocycles. The Hall–Kier alpha value is -2.00. The number of ether oxygens (including phenoxy) is 2. The maximum atomic E-state index is 12.0. The van der Waals surface area contributed by atoms with Gasteiger partial charge in [-0.3, -0.25) is 0 Å². The molecule has 0 saturated carbocycles. The standard InChI is InChI=1S/C18H19ClO3/c1-2-21-18(20)17-7-4-3-6-16(17)14-8-10-15(11-9-14)22-13-5-12-19/h3-4,6-11H,2,5,12-13H2,1H3. The molecule has 0 aliphatic heterocycles. The van der Waals surface area contributed by atoms with E-state index in [0.717, 1.165) is 23.3 Å². The summed E-state index contributed by atoms with van der Waals surface area (Å²) in [7, 11) is 0. The Morgan fingerprint density at radius 3 is 2.50 bits per heavy atom. The van der Waals surface area contributed by atoms with Gasteiger partial charge in [-0.05, 0) is 42.7 Å². The van der Waals surface area contributed by atoms with Gasteiger partial charge in [0.1, 0.15) is 5.75 Å². The van der Waals surface area contributed by atoms with Crippen molar-refractivity contribution >= 4 is 17.6 Å². The summed E-state index contributed by atoms with van der Waals surface area (Å²) < 4.78 is 10.7. The van der Waals surface area contributed by atoms with Crippen LogP contribution in [0.2, 0.25) is 0 Å². The van der Waals surface area contributed by atoms with Crippen molar-refractivity contribution in [3.63, 3.8) is 0 Å². The van der Waals surface area contributed by atoms with Crippen molar-refractivity contribution in [2.45, 2.75) is 13.3 Å². The average molecular weight is 319 g/mol. The second-order valence-corrected chi connectivity index (χ2v) is 5.06. The molecular formula is C18H19ClO3. The number of carbonyl (C=O) groups is 1. The van der Waals surface area contributed by atoms with Gasteiger partial charge in [-0.15, -0.1) is 11.6 Å². The highest BCUT2D eigenvalue weighted by molar-refractivity contribution is 6.17. The molecule has 0 N–H and O–H groups in total. The van der Waals surface area contributed by atoms with Crippen molar-refractivity contribution in [2.24, 2.45) is 0 Å². The Morgan fingerprint density at radius 2 is 1.82 bits per heavy atom. The largest absolute Gasteiger partial charge is 0.494 e. The summed E-state index contributed by atoms with van der Waals surface area (Å²) in [5.41, 5.74) is 2.38. The van der Waals surface area contributed by atoms with E-state index in [-0.39, 0.29) is 5.97 Å². The Kier molecular flexibility index (Phi) is 6.28. The smallest absolute Gasteiger partial charge is 0.338 e. The maximum Gasteiger partial charge on any atom is 0.338 e. The van der Waals surface area contributed by atoms with Crippen LogP contribution in [-0.2, 0) is 4.74 Å². The number of halogens is 1. The summed E-state index contributed by atoms with van der Waals surface area (Å²) in [5, 5.41) is 0. The lowest BCUT2D eigenvalue weighted by Crippen LogP contribution is -2.06. The van der Waals surface area contributed by atoms with Gasteiger partial charge in [-0.1, -0.05) is 30.3 Å². The van der Waals surface area contributed by atoms with Crippen LogP contribution in [0.4, 0.5) is 0 Å². The molecule has 3 nitrogen and oxygen atoms in total. The molecule has 0 saturated heterocycles. The number of carbonyl (C=O) groups excluding carboxylic acids is 1. The first kappa shape index (κ1) is 16.4. The number of hydrogen-bond acceptors (Lipinski definition) is 3. The van der Waals surface area contributed by atoms with Crippen LogP contribution in [0.1, 0.15) is 23.7 Å². The SMILES string of the molecule is CCOC(=O)c1ccccc1-c1ccc(OCCCCl)cc1. The van der Waals surface area contributed by atoms with Crippen LogP contribution in [0.25, 0.3) is 11.1 Å². The minimum atomic E-state index is -0.305. The topological polar surface area (TPSA) is 35.5 Å². The van der Waals surface area contributed by atoms with Gasteiger partial charge in [-0.2, -0.15) is 0 Å². The van der Waals surface area contributed by atoms with E-state index in [1.807, 2.05) is 42.5 Å². The van der Waals surface area contributed by atoms with Crippen LogP contribution >= 0.6 is 11.6 Å².